The zero-order valence-corrected chi connectivity index (χ0v) is 10.5. The summed E-state index contributed by atoms with van der Waals surface area (Å²) in [5.74, 6) is 0.188. The molecule has 0 saturated heterocycles. The van der Waals surface area contributed by atoms with Crippen molar-refractivity contribution in [3.8, 4) is 0 Å². The Morgan fingerprint density at radius 2 is 2.00 bits per heavy atom. The lowest BCUT2D eigenvalue weighted by molar-refractivity contribution is 0.100. The molecule has 0 aliphatic carbocycles. The van der Waals surface area contributed by atoms with Crippen molar-refractivity contribution < 1.29 is 4.79 Å². The van der Waals surface area contributed by atoms with Gasteiger partial charge in [0.15, 0.2) is 0 Å². The summed E-state index contributed by atoms with van der Waals surface area (Å²) in [6.45, 7) is 5.25. The zero-order valence-electron chi connectivity index (χ0n) is 10.5. The van der Waals surface area contributed by atoms with Crippen molar-refractivity contribution >= 4 is 17.3 Å². The molecule has 0 aliphatic heterocycles. The molecule has 1 amide bonds. The highest BCUT2D eigenvalue weighted by atomic mass is 16.1. The predicted molar refractivity (Wildman–Crippen MR) is 71.9 cm³/mol. The largest absolute Gasteiger partial charge is 0.397 e. The topological polar surface area (TPSA) is 81.1 Å². The zero-order chi connectivity index (χ0) is 12.8. The highest BCUT2D eigenvalue weighted by Gasteiger charge is 2.07. The molecule has 94 valence electrons. The van der Waals surface area contributed by atoms with Crippen molar-refractivity contribution in [1.29, 1.82) is 0 Å². The average Bonchev–Trinajstić information content (AvgIpc) is 2.31. The van der Waals surface area contributed by atoms with Gasteiger partial charge < -0.3 is 16.8 Å². The molecule has 1 aromatic carbocycles. The number of carbonyl (C=O) groups excluding carboxylic acids is 1. The number of anilines is 2. The molecule has 0 unspecified atom stereocenters. The van der Waals surface area contributed by atoms with Gasteiger partial charge in [0.1, 0.15) is 0 Å². The van der Waals surface area contributed by atoms with E-state index in [1.54, 1.807) is 18.2 Å². The van der Waals surface area contributed by atoms with E-state index in [4.69, 9.17) is 11.5 Å². The number of nitrogens with two attached hydrogens (primary N) is 2. The number of primary amides is 1. The van der Waals surface area contributed by atoms with E-state index >= 15 is 0 Å². The van der Waals surface area contributed by atoms with Gasteiger partial charge in [-0.2, -0.15) is 0 Å². The minimum atomic E-state index is -0.455. The molecule has 4 heteroatoms. The Morgan fingerprint density at radius 3 is 2.47 bits per heavy atom. The number of benzene rings is 1. The lowest BCUT2D eigenvalue weighted by Gasteiger charge is -2.15. The quantitative estimate of drug-likeness (QED) is 0.661. The summed E-state index contributed by atoms with van der Waals surface area (Å²) in [4.78, 5) is 11.0. The third-order valence-corrected chi connectivity index (χ3v) is 3.07. The van der Waals surface area contributed by atoms with Crippen LogP contribution in [-0.4, -0.2) is 12.5 Å². The molecule has 0 fully saturated rings. The van der Waals surface area contributed by atoms with Crippen LogP contribution in [0.3, 0.4) is 0 Å². The minimum absolute atomic E-state index is 0.440. The van der Waals surface area contributed by atoms with Gasteiger partial charge in [-0.3, -0.25) is 4.79 Å². The van der Waals surface area contributed by atoms with Gasteiger partial charge in [-0.1, -0.05) is 26.7 Å². The SMILES string of the molecule is CCC(CC)CNc1ccc(C(N)=O)cc1N. The molecule has 0 heterocycles. The number of carbonyl (C=O) groups is 1. The Labute approximate surface area is 102 Å². The molecule has 0 atom stereocenters. The van der Waals surface area contributed by atoms with Crippen LogP contribution in [0.15, 0.2) is 18.2 Å². The van der Waals surface area contributed by atoms with Crippen LogP contribution in [0.1, 0.15) is 37.0 Å². The van der Waals surface area contributed by atoms with Crippen LogP contribution in [-0.2, 0) is 0 Å². The molecule has 17 heavy (non-hydrogen) atoms. The Hall–Kier alpha value is -1.71. The maximum Gasteiger partial charge on any atom is 0.248 e. The maximum absolute atomic E-state index is 11.0. The number of nitrogen functional groups attached to an aromatic ring is 1. The van der Waals surface area contributed by atoms with Crippen LogP contribution >= 0.6 is 0 Å². The molecule has 1 rings (SSSR count). The average molecular weight is 235 g/mol. The van der Waals surface area contributed by atoms with Gasteiger partial charge in [0.2, 0.25) is 5.91 Å². The smallest absolute Gasteiger partial charge is 0.248 e. The van der Waals surface area contributed by atoms with E-state index in [9.17, 15) is 4.79 Å². The Kier molecular flexibility index (Phi) is 4.82. The fourth-order valence-electron chi connectivity index (χ4n) is 1.71. The van der Waals surface area contributed by atoms with Crippen LogP contribution in [0.25, 0.3) is 0 Å². The van der Waals surface area contributed by atoms with Gasteiger partial charge in [-0.25, -0.2) is 0 Å². The Balaban J connectivity index is 2.69. The highest BCUT2D eigenvalue weighted by molar-refractivity contribution is 5.94. The van der Waals surface area contributed by atoms with Crippen LogP contribution in [0.2, 0.25) is 0 Å². The summed E-state index contributed by atoms with van der Waals surface area (Å²) in [6, 6.07) is 5.10. The number of hydrogen-bond acceptors (Lipinski definition) is 3. The predicted octanol–water partition coefficient (Wildman–Crippen LogP) is 2.22. The number of nitrogens with one attached hydrogen (secondary N) is 1. The fourth-order valence-corrected chi connectivity index (χ4v) is 1.71. The Bertz CT molecular complexity index is 386. The number of rotatable bonds is 6. The second-order valence-electron chi connectivity index (χ2n) is 4.23. The first-order valence-electron chi connectivity index (χ1n) is 6.01. The normalized spacial score (nSPS) is 10.5. The monoisotopic (exact) mass is 235 g/mol. The summed E-state index contributed by atoms with van der Waals surface area (Å²) in [5.41, 5.74) is 12.9. The van der Waals surface area contributed by atoms with Crippen LogP contribution in [0.4, 0.5) is 11.4 Å². The van der Waals surface area contributed by atoms with E-state index in [2.05, 4.69) is 19.2 Å². The molecule has 0 spiro atoms. The highest BCUT2D eigenvalue weighted by Crippen LogP contribution is 2.20. The van der Waals surface area contributed by atoms with E-state index in [1.807, 2.05) is 0 Å². The van der Waals surface area contributed by atoms with Gasteiger partial charge in [0.05, 0.1) is 11.4 Å². The van der Waals surface area contributed by atoms with Crippen molar-refractivity contribution in [2.45, 2.75) is 26.7 Å². The number of hydrogen-bond donors (Lipinski definition) is 3. The maximum atomic E-state index is 11.0. The van der Waals surface area contributed by atoms with Crippen LogP contribution in [0.5, 0.6) is 0 Å². The molecule has 0 aliphatic rings. The second-order valence-corrected chi connectivity index (χ2v) is 4.23. The van der Waals surface area contributed by atoms with Gasteiger partial charge in [-0.05, 0) is 24.1 Å². The van der Waals surface area contributed by atoms with Gasteiger partial charge in [0.25, 0.3) is 0 Å². The first kappa shape index (κ1) is 13.4. The van der Waals surface area contributed by atoms with E-state index in [1.165, 1.54) is 0 Å². The Morgan fingerprint density at radius 1 is 1.35 bits per heavy atom. The first-order chi connectivity index (χ1) is 8.08. The first-order valence-corrected chi connectivity index (χ1v) is 6.01. The minimum Gasteiger partial charge on any atom is -0.397 e. The summed E-state index contributed by atoms with van der Waals surface area (Å²) in [7, 11) is 0. The number of amides is 1. The standard InChI is InChI=1S/C13H21N3O/c1-3-9(4-2)8-16-12-6-5-10(13(15)17)7-11(12)14/h5-7,9,16H,3-4,8,14H2,1-2H3,(H2,15,17). The summed E-state index contributed by atoms with van der Waals surface area (Å²) < 4.78 is 0. The molecule has 0 saturated carbocycles. The molecule has 4 nitrogen and oxygen atoms in total. The van der Waals surface area contributed by atoms with Crippen molar-refractivity contribution in [3.63, 3.8) is 0 Å². The van der Waals surface area contributed by atoms with Crippen molar-refractivity contribution in [2.75, 3.05) is 17.6 Å². The molecule has 5 N–H and O–H groups in total. The summed E-state index contributed by atoms with van der Waals surface area (Å²) in [6.07, 6.45) is 2.28. The molecule has 0 aromatic heterocycles. The molecular formula is C13H21N3O. The fraction of sp³-hybridized carbons (Fsp3) is 0.462. The molecular weight excluding hydrogens is 214 g/mol. The third kappa shape index (κ3) is 3.66. The van der Waals surface area contributed by atoms with Crippen molar-refractivity contribution in [1.82, 2.24) is 0 Å². The van der Waals surface area contributed by atoms with Crippen LogP contribution in [0, 0.1) is 5.92 Å². The van der Waals surface area contributed by atoms with Crippen LogP contribution < -0.4 is 16.8 Å². The second kappa shape index (κ2) is 6.13. The summed E-state index contributed by atoms with van der Waals surface area (Å²) >= 11 is 0. The van der Waals surface area contributed by atoms with Gasteiger partial charge >= 0.3 is 0 Å². The van der Waals surface area contributed by atoms with Gasteiger partial charge in [0, 0.05) is 12.1 Å². The van der Waals surface area contributed by atoms with Crippen molar-refractivity contribution in [2.24, 2.45) is 11.7 Å². The van der Waals surface area contributed by atoms with E-state index < -0.39 is 5.91 Å². The lowest BCUT2D eigenvalue weighted by Crippen LogP contribution is -2.15. The van der Waals surface area contributed by atoms with Crippen molar-refractivity contribution in [3.05, 3.63) is 23.8 Å². The molecule has 0 radical (unpaired) electrons. The third-order valence-electron chi connectivity index (χ3n) is 3.07. The molecule has 1 aromatic rings. The summed E-state index contributed by atoms with van der Waals surface area (Å²) in [5, 5.41) is 3.30. The van der Waals surface area contributed by atoms with E-state index in [-0.39, 0.29) is 0 Å². The van der Waals surface area contributed by atoms with Gasteiger partial charge in [-0.15, -0.1) is 0 Å². The van der Waals surface area contributed by atoms with E-state index in [0.717, 1.165) is 25.1 Å². The lowest BCUT2D eigenvalue weighted by atomic mass is 10.0. The molecule has 0 bridgehead atoms. The van der Waals surface area contributed by atoms with E-state index in [0.29, 0.717) is 17.2 Å².